The van der Waals surface area contributed by atoms with Crippen LogP contribution in [0.5, 0.6) is 0 Å². The lowest BCUT2D eigenvalue weighted by Crippen LogP contribution is -2.37. The molecule has 11 heavy (non-hydrogen) atoms. The number of piperidine rings is 1. The number of carbonyl (C=O) groups is 1. The number of nitrogens with zero attached hydrogens (tertiary/aromatic N) is 1. The first-order chi connectivity index (χ1) is 5.27. The predicted octanol–water partition coefficient (Wildman–Crippen LogP) is 1.33. The molecule has 2 aliphatic rings. The van der Waals surface area contributed by atoms with Gasteiger partial charge in [-0.25, -0.2) is 0 Å². The fraction of sp³-hybridized carbons (Fsp3) is 0.667. The molecule has 0 bridgehead atoms. The highest BCUT2D eigenvalue weighted by molar-refractivity contribution is 5.79. The largest absolute Gasteiger partial charge is 0.339 e. The van der Waals surface area contributed by atoms with Crippen LogP contribution in [-0.2, 0) is 4.79 Å². The van der Waals surface area contributed by atoms with Crippen LogP contribution in [0.3, 0.4) is 0 Å². The zero-order valence-corrected chi connectivity index (χ0v) is 6.68. The lowest BCUT2D eigenvalue weighted by molar-refractivity contribution is -0.129. The van der Waals surface area contributed by atoms with Gasteiger partial charge in [0.05, 0.1) is 0 Å². The molecule has 0 aromatic carbocycles. The summed E-state index contributed by atoms with van der Waals surface area (Å²) in [6, 6.07) is 0.503. The summed E-state index contributed by atoms with van der Waals surface area (Å²) in [4.78, 5) is 13.2. The summed E-state index contributed by atoms with van der Waals surface area (Å²) in [5.41, 5.74) is 1.32. The van der Waals surface area contributed by atoms with E-state index in [0.29, 0.717) is 11.9 Å². The van der Waals surface area contributed by atoms with Gasteiger partial charge in [0.2, 0.25) is 5.91 Å². The topological polar surface area (TPSA) is 20.3 Å². The molecular weight excluding hydrogens is 138 g/mol. The van der Waals surface area contributed by atoms with Gasteiger partial charge in [0, 0.05) is 19.0 Å². The molecule has 0 aliphatic carbocycles. The minimum absolute atomic E-state index is 0.350. The van der Waals surface area contributed by atoms with Gasteiger partial charge in [0.1, 0.15) is 0 Å². The monoisotopic (exact) mass is 151 g/mol. The van der Waals surface area contributed by atoms with Crippen molar-refractivity contribution >= 4 is 5.91 Å². The third-order valence-electron chi connectivity index (χ3n) is 2.68. The van der Waals surface area contributed by atoms with Crippen molar-refractivity contribution in [3.05, 3.63) is 12.2 Å². The van der Waals surface area contributed by atoms with E-state index < -0.39 is 0 Å². The molecule has 2 heterocycles. The zero-order valence-electron chi connectivity index (χ0n) is 6.68. The second-order valence-electron chi connectivity index (χ2n) is 3.48. The summed E-state index contributed by atoms with van der Waals surface area (Å²) in [5.74, 6) is 0.350. The van der Waals surface area contributed by atoms with Crippen LogP contribution in [0.1, 0.15) is 25.7 Å². The quantitative estimate of drug-likeness (QED) is 0.478. The van der Waals surface area contributed by atoms with Crippen molar-refractivity contribution in [1.82, 2.24) is 4.90 Å². The van der Waals surface area contributed by atoms with E-state index in [-0.39, 0.29) is 0 Å². The van der Waals surface area contributed by atoms with Gasteiger partial charge in [-0.1, -0.05) is 12.2 Å². The Labute approximate surface area is 66.9 Å². The summed E-state index contributed by atoms with van der Waals surface area (Å²) in [5, 5.41) is 0. The van der Waals surface area contributed by atoms with Crippen molar-refractivity contribution in [2.24, 2.45) is 0 Å². The van der Waals surface area contributed by atoms with Crippen molar-refractivity contribution < 1.29 is 4.79 Å². The second-order valence-corrected chi connectivity index (χ2v) is 3.48. The summed E-state index contributed by atoms with van der Waals surface area (Å²) in [6.45, 7) is 4.88. The molecule has 2 saturated heterocycles. The van der Waals surface area contributed by atoms with Gasteiger partial charge in [-0.15, -0.1) is 0 Å². The Morgan fingerprint density at radius 3 is 3.09 bits per heavy atom. The number of hydrogen-bond donors (Lipinski definition) is 0. The molecule has 0 N–H and O–H groups in total. The van der Waals surface area contributed by atoms with E-state index in [4.69, 9.17) is 0 Å². The Morgan fingerprint density at radius 1 is 1.45 bits per heavy atom. The summed E-state index contributed by atoms with van der Waals surface area (Å²) in [6.07, 6.45) is 3.88. The molecule has 0 aromatic heterocycles. The van der Waals surface area contributed by atoms with E-state index in [2.05, 4.69) is 6.58 Å². The second kappa shape index (κ2) is 2.36. The smallest absolute Gasteiger partial charge is 0.222 e. The van der Waals surface area contributed by atoms with Crippen LogP contribution in [0.15, 0.2) is 12.2 Å². The van der Waals surface area contributed by atoms with Crippen LogP contribution >= 0.6 is 0 Å². The average Bonchev–Trinajstić information content (AvgIpc) is 2.32. The number of rotatable bonds is 0. The Kier molecular flexibility index (Phi) is 1.48. The predicted molar refractivity (Wildman–Crippen MR) is 43.1 cm³/mol. The minimum Gasteiger partial charge on any atom is -0.339 e. The maximum atomic E-state index is 11.2. The Bertz CT molecular complexity index is 210. The molecule has 1 amide bonds. The molecule has 2 aliphatic heterocycles. The summed E-state index contributed by atoms with van der Waals surface area (Å²) in [7, 11) is 0. The van der Waals surface area contributed by atoms with Gasteiger partial charge in [-0.3, -0.25) is 4.79 Å². The van der Waals surface area contributed by atoms with Crippen molar-refractivity contribution in [3.63, 3.8) is 0 Å². The highest BCUT2D eigenvalue weighted by Crippen LogP contribution is 2.29. The van der Waals surface area contributed by atoms with Crippen molar-refractivity contribution in [1.29, 1.82) is 0 Å². The first-order valence-electron chi connectivity index (χ1n) is 4.23. The highest BCUT2D eigenvalue weighted by Gasteiger charge is 2.33. The van der Waals surface area contributed by atoms with Crippen molar-refractivity contribution in [2.75, 3.05) is 6.54 Å². The molecule has 2 heteroatoms. The van der Waals surface area contributed by atoms with Crippen LogP contribution in [0, 0.1) is 0 Å². The van der Waals surface area contributed by atoms with Crippen molar-refractivity contribution in [3.8, 4) is 0 Å². The van der Waals surface area contributed by atoms with Crippen molar-refractivity contribution in [2.45, 2.75) is 31.7 Å². The Balaban J connectivity index is 2.11. The molecule has 0 saturated carbocycles. The number of carbonyl (C=O) groups excluding carboxylic acids is 1. The summed E-state index contributed by atoms with van der Waals surface area (Å²) >= 11 is 0. The van der Waals surface area contributed by atoms with E-state index in [1.807, 2.05) is 4.90 Å². The SMILES string of the molecule is C=C1CCN2C(=O)CCC2C1. The lowest BCUT2D eigenvalue weighted by atomic mass is 9.99. The van der Waals surface area contributed by atoms with E-state index in [1.165, 1.54) is 5.57 Å². The van der Waals surface area contributed by atoms with Gasteiger partial charge in [-0.05, 0) is 19.3 Å². The van der Waals surface area contributed by atoms with E-state index in [0.717, 1.165) is 32.2 Å². The molecule has 1 unspecified atom stereocenters. The third-order valence-corrected chi connectivity index (χ3v) is 2.68. The first kappa shape index (κ1) is 6.89. The molecule has 2 nitrogen and oxygen atoms in total. The Morgan fingerprint density at radius 2 is 2.27 bits per heavy atom. The lowest BCUT2D eigenvalue weighted by Gasteiger charge is -2.30. The molecule has 0 radical (unpaired) electrons. The van der Waals surface area contributed by atoms with E-state index >= 15 is 0 Å². The molecular formula is C9H13NO. The van der Waals surface area contributed by atoms with Gasteiger partial charge in [0.25, 0.3) is 0 Å². The van der Waals surface area contributed by atoms with Gasteiger partial charge in [0.15, 0.2) is 0 Å². The molecule has 2 fully saturated rings. The zero-order chi connectivity index (χ0) is 7.84. The van der Waals surface area contributed by atoms with Gasteiger partial charge in [-0.2, -0.15) is 0 Å². The van der Waals surface area contributed by atoms with Crippen LogP contribution < -0.4 is 0 Å². The standard InChI is InChI=1S/C9H13NO/c1-7-4-5-10-8(6-7)2-3-9(10)11/h8H,1-6H2. The molecule has 0 spiro atoms. The number of amides is 1. The maximum Gasteiger partial charge on any atom is 0.222 e. The fourth-order valence-electron chi connectivity index (χ4n) is 2.03. The van der Waals surface area contributed by atoms with E-state index in [1.54, 1.807) is 0 Å². The molecule has 1 atom stereocenters. The van der Waals surface area contributed by atoms with Crippen LogP contribution in [0.25, 0.3) is 0 Å². The summed E-state index contributed by atoms with van der Waals surface area (Å²) < 4.78 is 0. The van der Waals surface area contributed by atoms with Gasteiger partial charge >= 0.3 is 0 Å². The third kappa shape index (κ3) is 1.06. The van der Waals surface area contributed by atoms with Crippen LogP contribution in [-0.4, -0.2) is 23.4 Å². The maximum absolute atomic E-state index is 11.2. The van der Waals surface area contributed by atoms with Crippen LogP contribution in [0.4, 0.5) is 0 Å². The number of fused-ring (bicyclic) bond motifs is 1. The van der Waals surface area contributed by atoms with Gasteiger partial charge < -0.3 is 4.90 Å². The minimum atomic E-state index is 0.350. The molecule has 0 aromatic rings. The normalized spacial score (nSPS) is 30.9. The average molecular weight is 151 g/mol. The fourth-order valence-corrected chi connectivity index (χ4v) is 2.03. The van der Waals surface area contributed by atoms with Crippen LogP contribution in [0.2, 0.25) is 0 Å². The number of hydrogen-bond acceptors (Lipinski definition) is 1. The Hall–Kier alpha value is -0.790. The highest BCUT2D eigenvalue weighted by atomic mass is 16.2. The molecule has 60 valence electrons. The van der Waals surface area contributed by atoms with E-state index in [9.17, 15) is 4.79 Å². The molecule has 2 rings (SSSR count). The first-order valence-corrected chi connectivity index (χ1v) is 4.23.